The van der Waals surface area contributed by atoms with E-state index in [1.807, 2.05) is 49.9 Å². The van der Waals surface area contributed by atoms with Crippen molar-refractivity contribution >= 4 is 40.6 Å². The summed E-state index contributed by atoms with van der Waals surface area (Å²) >= 11 is 12.1. The maximum Gasteiger partial charge on any atom is 0.335 e. The van der Waals surface area contributed by atoms with Gasteiger partial charge in [-0.25, -0.2) is 4.79 Å². The van der Waals surface area contributed by atoms with Crippen LogP contribution in [0.15, 0.2) is 66.9 Å². The topological polar surface area (TPSA) is 90.6 Å². The molecule has 0 unspecified atom stereocenters. The highest BCUT2D eigenvalue weighted by molar-refractivity contribution is 7.80. The van der Waals surface area contributed by atoms with E-state index in [9.17, 15) is 15.0 Å². The summed E-state index contributed by atoms with van der Waals surface area (Å²) in [5.41, 5.74) is 6.06. The third-order valence-electron chi connectivity index (χ3n) is 6.78. The number of benzene rings is 2. The molecule has 2 atom stereocenters. The van der Waals surface area contributed by atoms with E-state index in [2.05, 4.69) is 20.9 Å². The maximum atomic E-state index is 11.7. The summed E-state index contributed by atoms with van der Waals surface area (Å²) in [5, 5.41) is 24.7. The van der Waals surface area contributed by atoms with Crippen molar-refractivity contribution in [1.29, 1.82) is 0 Å². The van der Waals surface area contributed by atoms with Crippen LogP contribution in [-0.2, 0) is 0 Å². The number of anilines is 1. The smallest absolute Gasteiger partial charge is 0.335 e. The molecule has 0 saturated carbocycles. The molecule has 9 heteroatoms. The summed E-state index contributed by atoms with van der Waals surface area (Å²) in [4.78, 5) is 18.2. The summed E-state index contributed by atoms with van der Waals surface area (Å²) in [5.74, 6) is -0.925. The summed E-state index contributed by atoms with van der Waals surface area (Å²) in [6.45, 7) is 5.95. The second kappa shape index (κ2) is 9.53. The van der Waals surface area contributed by atoms with Crippen LogP contribution in [0.4, 0.5) is 5.69 Å². The third-order valence-corrected chi connectivity index (χ3v) is 7.33. The van der Waals surface area contributed by atoms with E-state index in [0.29, 0.717) is 15.8 Å². The number of carboxylic acids is 1. The van der Waals surface area contributed by atoms with Crippen molar-refractivity contribution in [2.45, 2.75) is 32.9 Å². The average molecular weight is 533 g/mol. The minimum Gasteiger partial charge on any atom is -0.506 e. The molecule has 2 aromatic carbocycles. The van der Waals surface area contributed by atoms with Crippen LogP contribution in [0.5, 0.6) is 5.75 Å². The lowest BCUT2D eigenvalue weighted by Crippen LogP contribution is -2.29. The second-order valence-electron chi connectivity index (χ2n) is 9.10. The largest absolute Gasteiger partial charge is 0.506 e. The van der Waals surface area contributed by atoms with Crippen LogP contribution in [0.1, 0.15) is 50.7 Å². The number of hydrogen-bond acceptors (Lipinski definition) is 4. The molecule has 1 saturated heterocycles. The fourth-order valence-electron chi connectivity index (χ4n) is 5.06. The molecule has 7 nitrogen and oxygen atoms in total. The molecule has 1 fully saturated rings. The predicted octanol–water partition coefficient (Wildman–Crippen LogP) is 6.03. The second-order valence-corrected chi connectivity index (χ2v) is 9.92. The number of hydrogen-bond donors (Lipinski definition) is 3. The molecular weight excluding hydrogens is 508 g/mol. The lowest BCUT2D eigenvalue weighted by atomic mass is 9.96. The minimum absolute atomic E-state index is 0.0547. The molecule has 37 heavy (non-hydrogen) atoms. The van der Waals surface area contributed by atoms with Gasteiger partial charge in [0.15, 0.2) is 5.11 Å². The Hall–Kier alpha value is -3.88. The Kier molecular flexibility index (Phi) is 6.39. The number of pyridine rings is 1. The Labute approximate surface area is 225 Å². The molecule has 188 valence electrons. The van der Waals surface area contributed by atoms with Gasteiger partial charge in [0.1, 0.15) is 5.75 Å². The number of nitrogens with one attached hydrogen (secondary N) is 1. The Morgan fingerprint density at radius 2 is 1.84 bits per heavy atom. The molecule has 0 amide bonds. The predicted molar refractivity (Wildman–Crippen MR) is 148 cm³/mol. The zero-order valence-corrected chi connectivity index (χ0v) is 22.0. The molecule has 3 heterocycles. The lowest BCUT2D eigenvalue weighted by molar-refractivity contribution is 0.0697. The molecule has 1 aliphatic rings. The van der Waals surface area contributed by atoms with Crippen LogP contribution in [0.25, 0.3) is 5.69 Å². The summed E-state index contributed by atoms with van der Waals surface area (Å²) < 4.78 is 2.06. The van der Waals surface area contributed by atoms with Gasteiger partial charge in [-0.1, -0.05) is 23.7 Å². The monoisotopic (exact) mass is 532 g/mol. The van der Waals surface area contributed by atoms with Gasteiger partial charge in [-0.15, -0.1) is 0 Å². The zero-order valence-electron chi connectivity index (χ0n) is 20.4. The fourth-order valence-corrected chi connectivity index (χ4v) is 5.57. The number of phenols is 1. The number of halogens is 1. The fraction of sp³-hybridized carbons (Fsp3) is 0.179. The minimum atomic E-state index is -0.980. The van der Waals surface area contributed by atoms with Crippen LogP contribution in [0, 0.1) is 20.8 Å². The first-order valence-corrected chi connectivity index (χ1v) is 12.5. The van der Waals surface area contributed by atoms with E-state index < -0.39 is 5.97 Å². The van der Waals surface area contributed by atoms with Crippen molar-refractivity contribution in [3.63, 3.8) is 0 Å². The van der Waals surface area contributed by atoms with Gasteiger partial charge in [0.05, 0.1) is 29.0 Å². The molecule has 5 rings (SSSR count). The molecule has 0 radical (unpaired) electrons. The molecular formula is C28H25ClN4O3S. The number of carbonyl (C=O) groups is 1. The molecule has 4 aromatic rings. The highest BCUT2D eigenvalue weighted by atomic mass is 35.5. The van der Waals surface area contributed by atoms with Crippen LogP contribution in [0.2, 0.25) is 5.02 Å². The highest BCUT2D eigenvalue weighted by Gasteiger charge is 2.43. The molecule has 1 aliphatic heterocycles. The standard InChI is InChI=1S/C28H25ClN4O3S/c1-15-7-8-18(27(35)36)13-22(15)32-16(2)12-20(17(32)3)26-25(21-6-4-5-11-30-21)31-28(37)33(26)23-14-19(29)9-10-24(23)34/h4-14,25-26,34H,1-3H3,(H,31,37)(H,35,36)/t25-,26-/m0/s1. The Morgan fingerprint density at radius 1 is 1.05 bits per heavy atom. The van der Waals surface area contributed by atoms with Gasteiger partial charge in [-0.2, -0.15) is 0 Å². The van der Waals surface area contributed by atoms with E-state index in [1.54, 1.807) is 36.5 Å². The zero-order chi connectivity index (χ0) is 26.4. The lowest BCUT2D eigenvalue weighted by Gasteiger charge is -2.29. The first-order valence-electron chi connectivity index (χ1n) is 11.7. The van der Waals surface area contributed by atoms with Crippen LogP contribution in [-0.4, -0.2) is 30.8 Å². The first kappa shape index (κ1) is 24.8. The number of thiocarbonyl (C=S) groups is 1. The SMILES string of the molecule is Cc1ccc(C(=O)O)cc1-n1c(C)cc([C@H]2[C@H](c3ccccn3)NC(=S)N2c2cc(Cl)ccc2O)c1C. The van der Waals surface area contributed by atoms with Crippen molar-refractivity contribution in [1.82, 2.24) is 14.9 Å². The normalized spacial score (nSPS) is 17.2. The van der Waals surface area contributed by atoms with Crippen LogP contribution in [0.3, 0.4) is 0 Å². The Morgan fingerprint density at radius 3 is 2.54 bits per heavy atom. The number of aryl methyl sites for hydroxylation is 2. The number of carboxylic acid groups (broad SMARTS) is 1. The molecule has 2 aromatic heterocycles. The molecule has 0 bridgehead atoms. The van der Waals surface area contributed by atoms with Crippen LogP contribution >= 0.6 is 23.8 Å². The highest BCUT2D eigenvalue weighted by Crippen LogP contribution is 2.46. The Bertz CT molecular complexity index is 1540. The van der Waals surface area contributed by atoms with Gasteiger partial charge < -0.3 is 25.0 Å². The summed E-state index contributed by atoms with van der Waals surface area (Å²) in [6.07, 6.45) is 1.74. The maximum absolute atomic E-state index is 11.7. The summed E-state index contributed by atoms with van der Waals surface area (Å²) in [6, 6.07) is 17.1. The number of nitrogens with zero attached hydrogens (tertiary/aromatic N) is 3. The van der Waals surface area contributed by atoms with E-state index in [-0.39, 0.29) is 23.4 Å². The molecule has 0 spiro atoms. The van der Waals surface area contributed by atoms with Crippen molar-refractivity contribution in [3.8, 4) is 11.4 Å². The van der Waals surface area contributed by atoms with Crippen molar-refractivity contribution in [3.05, 3.63) is 106 Å². The van der Waals surface area contributed by atoms with Crippen LogP contribution < -0.4 is 10.2 Å². The quantitative estimate of drug-likeness (QED) is 0.270. The number of aromatic carboxylic acids is 1. The van der Waals surface area contributed by atoms with Crippen molar-refractivity contribution < 1.29 is 15.0 Å². The van der Waals surface area contributed by atoms with Crippen molar-refractivity contribution in [2.24, 2.45) is 0 Å². The van der Waals surface area contributed by atoms with Crippen molar-refractivity contribution in [2.75, 3.05) is 4.90 Å². The number of phenolic OH excluding ortho intramolecular Hbond substituents is 1. The van der Waals surface area contributed by atoms with E-state index >= 15 is 0 Å². The van der Waals surface area contributed by atoms with E-state index in [1.165, 1.54) is 0 Å². The van der Waals surface area contributed by atoms with Gasteiger partial charge in [-0.3, -0.25) is 4.98 Å². The number of aromatic hydroxyl groups is 1. The molecule has 0 aliphatic carbocycles. The van der Waals surface area contributed by atoms with E-state index in [4.69, 9.17) is 23.8 Å². The Balaban J connectivity index is 1.72. The van der Waals surface area contributed by atoms with E-state index in [0.717, 1.165) is 33.9 Å². The van der Waals surface area contributed by atoms with Gasteiger partial charge >= 0.3 is 5.97 Å². The number of rotatable bonds is 5. The van der Waals surface area contributed by atoms with Gasteiger partial charge in [0.25, 0.3) is 0 Å². The molecule has 3 N–H and O–H groups in total. The van der Waals surface area contributed by atoms with Gasteiger partial charge in [-0.05, 0) is 92.6 Å². The third kappa shape index (κ3) is 4.32. The summed E-state index contributed by atoms with van der Waals surface area (Å²) in [7, 11) is 0. The number of aromatic nitrogens is 2. The average Bonchev–Trinajstić information content (AvgIpc) is 3.36. The van der Waals surface area contributed by atoms with Gasteiger partial charge in [0, 0.05) is 28.3 Å². The van der Waals surface area contributed by atoms with Gasteiger partial charge in [0.2, 0.25) is 0 Å². The first-order chi connectivity index (χ1) is 17.7.